The van der Waals surface area contributed by atoms with E-state index in [0.29, 0.717) is 30.2 Å². The van der Waals surface area contributed by atoms with Crippen LogP contribution in [0.15, 0.2) is 40.2 Å². The van der Waals surface area contributed by atoms with Crippen molar-refractivity contribution in [3.05, 3.63) is 52.1 Å². The Balaban J connectivity index is 1.24. The maximum absolute atomic E-state index is 13.0. The van der Waals surface area contributed by atoms with Gasteiger partial charge in [-0.1, -0.05) is 23.4 Å². The summed E-state index contributed by atoms with van der Waals surface area (Å²) >= 11 is 1.55. The van der Waals surface area contributed by atoms with Crippen LogP contribution >= 0.6 is 11.3 Å². The van der Waals surface area contributed by atoms with Crippen molar-refractivity contribution in [3.63, 3.8) is 0 Å². The predicted octanol–water partition coefficient (Wildman–Crippen LogP) is 3.87. The molecule has 0 bridgehead atoms. The van der Waals surface area contributed by atoms with Crippen LogP contribution in [-0.2, 0) is 4.74 Å². The minimum atomic E-state index is -0.514. The van der Waals surface area contributed by atoms with Gasteiger partial charge in [-0.25, -0.2) is 9.78 Å². The Hall–Kier alpha value is -3.53. The summed E-state index contributed by atoms with van der Waals surface area (Å²) in [5, 5.41) is 14.7. The van der Waals surface area contributed by atoms with E-state index in [4.69, 9.17) is 14.2 Å². The number of hydrogen-bond donors (Lipinski definition) is 1. The summed E-state index contributed by atoms with van der Waals surface area (Å²) in [6.07, 6.45) is 1.65. The molecule has 0 aliphatic carbocycles. The molecule has 10 heteroatoms. The van der Waals surface area contributed by atoms with E-state index in [9.17, 15) is 9.59 Å². The summed E-state index contributed by atoms with van der Waals surface area (Å²) in [6, 6.07) is 9.19. The highest BCUT2D eigenvalue weighted by molar-refractivity contribution is 7.10. The monoisotopic (exact) mass is 451 g/mol. The topological polar surface area (TPSA) is 114 Å². The van der Waals surface area contributed by atoms with Gasteiger partial charge in [0.1, 0.15) is 5.69 Å². The molecular weight excluding hydrogens is 430 g/mol. The number of hydrogen-bond acceptors (Lipinski definition) is 8. The van der Waals surface area contributed by atoms with Crippen LogP contribution in [0.1, 0.15) is 51.7 Å². The van der Waals surface area contributed by atoms with Crippen molar-refractivity contribution in [2.45, 2.75) is 25.7 Å². The Morgan fingerprint density at radius 1 is 1.28 bits per heavy atom. The van der Waals surface area contributed by atoms with Crippen molar-refractivity contribution in [1.82, 2.24) is 25.2 Å². The van der Waals surface area contributed by atoms with Gasteiger partial charge in [0.2, 0.25) is 0 Å². The molecule has 32 heavy (non-hydrogen) atoms. The highest BCUT2D eigenvalue weighted by Gasteiger charge is 2.28. The summed E-state index contributed by atoms with van der Waals surface area (Å²) in [4.78, 5) is 31.3. The number of ether oxygens (including phenoxy) is 1. The maximum atomic E-state index is 13.0. The highest BCUT2D eigenvalue weighted by Crippen LogP contribution is 2.33. The fourth-order valence-electron chi connectivity index (χ4n) is 3.89. The molecule has 1 N–H and O–H groups in total. The van der Waals surface area contributed by atoms with E-state index in [1.165, 1.54) is 0 Å². The van der Waals surface area contributed by atoms with E-state index >= 15 is 0 Å². The van der Waals surface area contributed by atoms with Crippen LogP contribution in [0.5, 0.6) is 0 Å². The standard InChI is InChI=1S/C22H21N5O4S/c1-2-30-22(29)16-11-18(31-26-16)17-12-32-20(23-17)13-7-9-27(10-8-13)21(28)19-14-5-3-4-6-15(14)24-25-19/h3-6,11-13H,2,7-10H2,1H3,(H,24,25). The number of aromatic nitrogens is 4. The van der Waals surface area contributed by atoms with Crippen molar-refractivity contribution in [2.75, 3.05) is 19.7 Å². The van der Waals surface area contributed by atoms with E-state index in [2.05, 4.69) is 15.4 Å². The Bertz CT molecular complexity index is 1270. The van der Waals surface area contributed by atoms with E-state index in [1.807, 2.05) is 34.5 Å². The van der Waals surface area contributed by atoms with Crippen LogP contribution < -0.4 is 0 Å². The molecule has 164 valence electrons. The number of para-hydroxylation sites is 1. The van der Waals surface area contributed by atoms with Gasteiger partial charge in [0.15, 0.2) is 17.1 Å². The van der Waals surface area contributed by atoms with Crippen molar-refractivity contribution >= 4 is 34.1 Å². The SMILES string of the molecule is CCOC(=O)c1cc(-c2csc(C3CCN(C(=O)c4n[nH]c5ccccc45)CC3)n2)on1. The number of fused-ring (bicyclic) bond motifs is 1. The van der Waals surface area contributed by atoms with Gasteiger partial charge in [-0.15, -0.1) is 11.3 Å². The van der Waals surface area contributed by atoms with Crippen LogP contribution in [0.3, 0.4) is 0 Å². The summed E-state index contributed by atoms with van der Waals surface area (Å²) in [7, 11) is 0. The largest absolute Gasteiger partial charge is 0.461 e. The molecular formula is C22H21N5O4S. The number of carbonyl (C=O) groups excluding carboxylic acids is 2. The lowest BCUT2D eigenvalue weighted by Crippen LogP contribution is -2.38. The second-order valence-electron chi connectivity index (χ2n) is 7.55. The number of benzene rings is 1. The number of rotatable bonds is 5. The van der Waals surface area contributed by atoms with Gasteiger partial charge in [-0.05, 0) is 25.8 Å². The minimum absolute atomic E-state index is 0.0473. The molecule has 0 saturated carbocycles. The molecule has 4 heterocycles. The first kappa shape index (κ1) is 20.4. The Kier molecular flexibility index (Phi) is 5.44. The van der Waals surface area contributed by atoms with Crippen LogP contribution in [0, 0.1) is 0 Å². The van der Waals surface area contributed by atoms with E-state index in [-0.39, 0.29) is 24.1 Å². The Morgan fingerprint density at radius 3 is 2.91 bits per heavy atom. The fourth-order valence-corrected chi connectivity index (χ4v) is 4.87. The lowest BCUT2D eigenvalue weighted by molar-refractivity contribution is 0.0514. The van der Waals surface area contributed by atoms with Crippen LogP contribution in [-0.4, -0.2) is 56.8 Å². The van der Waals surface area contributed by atoms with Crippen LogP contribution in [0.4, 0.5) is 0 Å². The Labute approximate surface area is 187 Å². The van der Waals surface area contributed by atoms with Gasteiger partial charge in [-0.3, -0.25) is 9.89 Å². The fraction of sp³-hybridized carbons (Fsp3) is 0.318. The van der Waals surface area contributed by atoms with Crippen molar-refractivity contribution in [1.29, 1.82) is 0 Å². The van der Waals surface area contributed by atoms with Gasteiger partial charge < -0.3 is 14.2 Å². The first-order valence-electron chi connectivity index (χ1n) is 10.5. The molecule has 3 aromatic heterocycles. The molecule has 0 spiro atoms. The van der Waals surface area contributed by atoms with Crippen LogP contribution in [0.2, 0.25) is 0 Å². The van der Waals surface area contributed by atoms with Gasteiger partial charge in [-0.2, -0.15) is 5.10 Å². The van der Waals surface area contributed by atoms with Crippen molar-refractivity contribution in [3.8, 4) is 11.5 Å². The maximum Gasteiger partial charge on any atom is 0.360 e. The average molecular weight is 452 g/mol. The lowest BCUT2D eigenvalue weighted by atomic mass is 9.97. The molecule has 9 nitrogen and oxygen atoms in total. The molecule has 1 aliphatic rings. The molecule has 1 aromatic carbocycles. The van der Waals surface area contributed by atoms with Gasteiger partial charge in [0, 0.05) is 35.8 Å². The second-order valence-corrected chi connectivity index (χ2v) is 8.44. The van der Waals surface area contributed by atoms with Gasteiger partial charge in [0.25, 0.3) is 5.91 Å². The molecule has 0 radical (unpaired) electrons. The number of piperidine rings is 1. The predicted molar refractivity (Wildman–Crippen MR) is 118 cm³/mol. The van der Waals surface area contributed by atoms with Gasteiger partial charge in [0.05, 0.1) is 17.1 Å². The number of H-pyrrole nitrogens is 1. The Morgan fingerprint density at radius 2 is 2.09 bits per heavy atom. The first-order chi connectivity index (χ1) is 15.6. The first-order valence-corrected chi connectivity index (χ1v) is 11.3. The quantitative estimate of drug-likeness (QED) is 0.458. The lowest BCUT2D eigenvalue weighted by Gasteiger charge is -2.30. The zero-order valence-corrected chi connectivity index (χ0v) is 18.2. The molecule has 5 rings (SSSR count). The number of likely N-dealkylation sites (tertiary alicyclic amines) is 1. The van der Waals surface area contributed by atoms with Crippen molar-refractivity contribution < 1.29 is 18.8 Å². The van der Waals surface area contributed by atoms with E-state index < -0.39 is 5.97 Å². The number of esters is 1. The molecule has 4 aromatic rings. The van der Waals surface area contributed by atoms with E-state index in [1.54, 1.807) is 24.3 Å². The molecule has 0 unspecified atom stereocenters. The summed E-state index contributed by atoms with van der Waals surface area (Å²) in [5.41, 5.74) is 2.11. The number of nitrogens with one attached hydrogen (secondary N) is 1. The smallest absolute Gasteiger partial charge is 0.360 e. The normalized spacial score (nSPS) is 14.7. The summed E-state index contributed by atoms with van der Waals surface area (Å²) < 4.78 is 10.2. The van der Waals surface area contributed by atoms with Crippen LogP contribution in [0.25, 0.3) is 22.4 Å². The molecule has 1 aliphatic heterocycles. The molecule has 0 atom stereocenters. The number of aromatic amines is 1. The second kappa shape index (κ2) is 8.54. The van der Waals surface area contributed by atoms with E-state index in [0.717, 1.165) is 28.8 Å². The average Bonchev–Trinajstić information content (AvgIpc) is 3.58. The number of nitrogens with zero attached hydrogens (tertiary/aromatic N) is 4. The van der Waals surface area contributed by atoms with Gasteiger partial charge >= 0.3 is 5.97 Å². The number of amides is 1. The van der Waals surface area contributed by atoms with Crippen molar-refractivity contribution in [2.24, 2.45) is 0 Å². The molecule has 1 fully saturated rings. The third-order valence-corrected chi connectivity index (χ3v) is 6.58. The molecule has 1 saturated heterocycles. The summed E-state index contributed by atoms with van der Waals surface area (Å²) in [6.45, 7) is 3.31. The number of carbonyl (C=O) groups is 2. The third-order valence-electron chi connectivity index (χ3n) is 5.57. The number of thiazole rings is 1. The summed E-state index contributed by atoms with van der Waals surface area (Å²) in [5.74, 6) is 0.142. The zero-order valence-electron chi connectivity index (χ0n) is 17.4. The third kappa shape index (κ3) is 3.77. The zero-order chi connectivity index (χ0) is 22.1. The highest BCUT2D eigenvalue weighted by atomic mass is 32.1. The minimum Gasteiger partial charge on any atom is -0.461 e. The molecule has 1 amide bonds.